The van der Waals surface area contributed by atoms with Crippen molar-refractivity contribution < 1.29 is 0 Å². The van der Waals surface area contributed by atoms with E-state index in [1.165, 1.54) is 11.3 Å². The Balaban J connectivity index is 1.33. The number of pyridine rings is 1. The molecule has 7 rings (SSSR count). The summed E-state index contributed by atoms with van der Waals surface area (Å²) in [6.45, 7) is 4.78. The molecule has 0 saturated heterocycles. The Kier molecular flexibility index (Phi) is 4.29. The zero-order chi connectivity index (χ0) is 23.5. The highest BCUT2D eigenvalue weighted by Gasteiger charge is 2.20. The summed E-state index contributed by atoms with van der Waals surface area (Å²) in [7, 11) is 1.95. The summed E-state index contributed by atoms with van der Waals surface area (Å²) < 4.78 is 6.08. The molecule has 8 heteroatoms. The summed E-state index contributed by atoms with van der Waals surface area (Å²) in [5, 5.41) is 11.9. The monoisotopic (exact) mass is 460 g/mol. The van der Waals surface area contributed by atoms with Gasteiger partial charge in [-0.2, -0.15) is 10.2 Å². The van der Waals surface area contributed by atoms with Gasteiger partial charge in [-0.25, -0.2) is 14.6 Å². The molecule has 0 radical (unpaired) electrons. The van der Waals surface area contributed by atoms with Gasteiger partial charge >= 0.3 is 0 Å². The fourth-order valence-electron chi connectivity index (χ4n) is 5.16. The Hall–Kier alpha value is -4.46. The van der Waals surface area contributed by atoms with Crippen molar-refractivity contribution in [1.82, 2.24) is 34.1 Å². The molecule has 0 amide bonds. The number of para-hydroxylation sites is 1. The number of benzene rings is 2. The molecule has 0 fully saturated rings. The Morgan fingerprint density at radius 1 is 0.886 bits per heavy atom. The van der Waals surface area contributed by atoms with E-state index in [4.69, 9.17) is 10.1 Å². The van der Waals surface area contributed by atoms with E-state index < -0.39 is 0 Å². The van der Waals surface area contributed by atoms with Gasteiger partial charge in [-0.05, 0) is 30.7 Å². The molecule has 2 aromatic carbocycles. The third kappa shape index (κ3) is 3.13. The molecule has 0 unspecified atom stereocenters. The molecule has 8 nitrogen and oxygen atoms in total. The zero-order valence-electron chi connectivity index (χ0n) is 19.6. The molecular weight excluding hydrogens is 436 g/mol. The Morgan fingerprint density at radius 3 is 2.69 bits per heavy atom. The zero-order valence-corrected chi connectivity index (χ0v) is 19.6. The lowest BCUT2D eigenvalue weighted by molar-refractivity contribution is 0.567. The van der Waals surface area contributed by atoms with E-state index in [-0.39, 0.29) is 0 Å². The van der Waals surface area contributed by atoms with Crippen LogP contribution in [0, 0.1) is 6.92 Å². The second-order valence-corrected chi connectivity index (χ2v) is 9.15. The van der Waals surface area contributed by atoms with E-state index in [0.717, 1.165) is 64.2 Å². The Morgan fingerprint density at radius 2 is 1.80 bits per heavy atom. The largest absolute Gasteiger partial charge is 0.349 e. The highest BCUT2D eigenvalue weighted by Crippen LogP contribution is 2.35. The Labute approximate surface area is 202 Å². The fraction of sp³-hybridized carbons (Fsp3) is 0.185. The first-order chi connectivity index (χ1) is 17.2. The molecule has 0 spiro atoms. The molecule has 5 heterocycles. The molecule has 1 aliphatic rings. The Bertz CT molecular complexity index is 1700. The van der Waals surface area contributed by atoms with Gasteiger partial charge in [0.2, 0.25) is 0 Å². The number of aromatic nitrogens is 7. The van der Waals surface area contributed by atoms with Crippen molar-refractivity contribution in [1.29, 1.82) is 0 Å². The van der Waals surface area contributed by atoms with E-state index in [1.807, 2.05) is 47.3 Å². The topological polar surface area (TPSA) is 69.6 Å². The van der Waals surface area contributed by atoms with Crippen molar-refractivity contribution in [3.05, 3.63) is 84.7 Å². The van der Waals surface area contributed by atoms with Crippen LogP contribution >= 0.6 is 0 Å². The molecule has 0 saturated carbocycles. The molecule has 6 aromatic rings. The summed E-state index contributed by atoms with van der Waals surface area (Å²) in [5.74, 6) is 0.967. The third-order valence-corrected chi connectivity index (χ3v) is 6.89. The van der Waals surface area contributed by atoms with E-state index >= 15 is 0 Å². The molecular formula is C27H24N8. The number of rotatable bonds is 3. The second-order valence-electron chi connectivity index (χ2n) is 9.15. The van der Waals surface area contributed by atoms with Gasteiger partial charge in [0, 0.05) is 48.9 Å². The SMILES string of the molecule is Cc1cccc2c(-c3cccc4nn(C)cc34)nn(-c3ccc(N4CCn5cncc5C4)nc3)c12. The van der Waals surface area contributed by atoms with Crippen LogP contribution in [0.5, 0.6) is 0 Å². The maximum Gasteiger partial charge on any atom is 0.129 e. The first kappa shape index (κ1) is 20.0. The minimum absolute atomic E-state index is 0.815. The van der Waals surface area contributed by atoms with E-state index in [9.17, 15) is 0 Å². The highest BCUT2D eigenvalue weighted by atomic mass is 15.3. The van der Waals surface area contributed by atoms with Crippen molar-refractivity contribution in [3.8, 4) is 16.9 Å². The van der Waals surface area contributed by atoms with Crippen molar-refractivity contribution in [3.63, 3.8) is 0 Å². The molecule has 35 heavy (non-hydrogen) atoms. The van der Waals surface area contributed by atoms with E-state index in [2.05, 4.69) is 69.1 Å². The van der Waals surface area contributed by atoms with E-state index in [1.54, 1.807) is 0 Å². The second kappa shape index (κ2) is 7.53. The first-order valence-electron chi connectivity index (χ1n) is 11.8. The molecule has 0 aliphatic carbocycles. The summed E-state index contributed by atoms with van der Waals surface area (Å²) in [5.41, 5.74) is 7.43. The van der Waals surface area contributed by atoms with Crippen LogP contribution in [0.1, 0.15) is 11.3 Å². The highest BCUT2D eigenvalue weighted by molar-refractivity contribution is 6.03. The number of hydrogen-bond acceptors (Lipinski definition) is 5. The lowest BCUT2D eigenvalue weighted by Gasteiger charge is -2.29. The number of hydrogen-bond donors (Lipinski definition) is 0. The minimum atomic E-state index is 0.815. The standard InChI is InChI=1S/C27H24N8/c1-18-5-3-7-22-26(21-6-4-8-24-23(21)16-32(2)30-24)31-35(27(18)22)19-9-10-25(29-14-19)33-11-12-34-17-28-13-20(34)15-33/h3-10,13-14,16-17H,11-12,15H2,1-2H3. The molecule has 172 valence electrons. The van der Waals surface area contributed by atoms with Gasteiger partial charge in [0.25, 0.3) is 0 Å². The number of fused-ring (bicyclic) bond motifs is 3. The number of imidazole rings is 1. The predicted molar refractivity (Wildman–Crippen MR) is 137 cm³/mol. The summed E-state index contributed by atoms with van der Waals surface area (Å²) in [6.07, 6.45) is 7.82. The molecule has 0 N–H and O–H groups in total. The minimum Gasteiger partial charge on any atom is -0.349 e. The van der Waals surface area contributed by atoms with Crippen molar-refractivity contribution >= 4 is 27.6 Å². The number of aryl methyl sites for hydroxylation is 2. The first-order valence-corrected chi connectivity index (χ1v) is 11.8. The van der Waals surface area contributed by atoms with Crippen LogP contribution in [-0.4, -0.2) is 40.6 Å². The van der Waals surface area contributed by atoms with Gasteiger partial charge < -0.3 is 9.47 Å². The van der Waals surface area contributed by atoms with Gasteiger partial charge in [0.05, 0.1) is 41.5 Å². The summed E-state index contributed by atoms with van der Waals surface area (Å²) >= 11 is 0. The lowest BCUT2D eigenvalue weighted by Crippen LogP contribution is -2.33. The van der Waals surface area contributed by atoms with Crippen LogP contribution in [0.4, 0.5) is 5.82 Å². The van der Waals surface area contributed by atoms with Crippen molar-refractivity contribution in [2.24, 2.45) is 7.05 Å². The van der Waals surface area contributed by atoms with Crippen LogP contribution < -0.4 is 4.90 Å². The molecule has 0 bridgehead atoms. The molecule has 0 atom stereocenters. The fourth-order valence-corrected chi connectivity index (χ4v) is 5.16. The summed E-state index contributed by atoms with van der Waals surface area (Å²) in [6, 6.07) is 16.8. The van der Waals surface area contributed by atoms with Crippen LogP contribution in [0.2, 0.25) is 0 Å². The normalized spacial score (nSPS) is 13.6. The third-order valence-electron chi connectivity index (χ3n) is 6.89. The molecule has 1 aliphatic heterocycles. The molecule has 4 aromatic heterocycles. The number of nitrogens with zero attached hydrogens (tertiary/aromatic N) is 8. The maximum atomic E-state index is 5.13. The van der Waals surface area contributed by atoms with Gasteiger partial charge in [-0.15, -0.1) is 0 Å². The van der Waals surface area contributed by atoms with Gasteiger partial charge in [-0.1, -0.05) is 30.3 Å². The number of anilines is 1. The van der Waals surface area contributed by atoms with E-state index in [0.29, 0.717) is 0 Å². The van der Waals surface area contributed by atoms with Crippen LogP contribution in [0.25, 0.3) is 38.8 Å². The van der Waals surface area contributed by atoms with Crippen LogP contribution in [0.15, 0.2) is 73.4 Å². The van der Waals surface area contributed by atoms with Crippen molar-refractivity contribution in [2.75, 3.05) is 11.4 Å². The summed E-state index contributed by atoms with van der Waals surface area (Å²) in [4.78, 5) is 11.4. The van der Waals surface area contributed by atoms with Crippen LogP contribution in [0.3, 0.4) is 0 Å². The van der Waals surface area contributed by atoms with Gasteiger partial charge in [0.15, 0.2) is 0 Å². The van der Waals surface area contributed by atoms with Crippen molar-refractivity contribution in [2.45, 2.75) is 20.0 Å². The quantitative estimate of drug-likeness (QED) is 0.389. The predicted octanol–water partition coefficient (Wildman–Crippen LogP) is 4.50. The van der Waals surface area contributed by atoms with Gasteiger partial charge in [-0.3, -0.25) is 4.68 Å². The lowest BCUT2D eigenvalue weighted by atomic mass is 10.0. The average Bonchev–Trinajstić information content (AvgIpc) is 3.60. The van der Waals surface area contributed by atoms with Gasteiger partial charge in [0.1, 0.15) is 11.5 Å². The average molecular weight is 461 g/mol. The van der Waals surface area contributed by atoms with Crippen LogP contribution in [-0.2, 0) is 20.1 Å². The smallest absolute Gasteiger partial charge is 0.129 e. The maximum absolute atomic E-state index is 5.13.